The Kier molecular flexibility index (Phi) is 9.36. The largest absolute Gasteiger partial charge is 0.481 e. The number of thiazole rings is 1. The quantitative estimate of drug-likeness (QED) is 0.391. The van der Waals surface area contributed by atoms with Crippen LogP contribution < -0.4 is 5.32 Å². The Labute approximate surface area is 276 Å². The minimum absolute atomic E-state index is 0.0213. The van der Waals surface area contributed by atoms with Gasteiger partial charge in [0, 0.05) is 68.1 Å². The number of carbonyl (C=O) groups excluding carboxylic acids is 2. The van der Waals surface area contributed by atoms with Crippen LogP contribution in [-0.2, 0) is 14.3 Å². The van der Waals surface area contributed by atoms with Crippen molar-refractivity contribution in [2.75, 3.05) is 45.9 Å². The highest BCUT2D eigenvalue weighted by Gasteiger charge is 2.56. The third kappa shape index (κ3) is 6.24. The van der Waals surface area contributed by atoms with Gasteiger partial charge in [-0.15, -0.1) is 11.3 Å². The van der Waals surface area contributed by atoms with Gasteiger partial charge in [-0.05, 0) is 51.5 Å². The number of hydrogen-bond acceptors (Lipinski definition) is 9. The van der Waals surface area contributed by atoms with Crippen molar-refractivity contribution >= 4 is 46.7 Å². The molecule has 14 heteroatoms. The van der Waals surface area contributed by atoms with E-state index in [1.165, 1.54) is 23.5 Å². The van der Waals surface area contributed by atoms with Gasteiger partial charge in [-0.25, -0.2) is 19.0 Å². The average molecular weight is 673 g/mol. The molecule has 2 N–H and O–H groups in total. The molecule has 0 radical (unpaired) electrons. The lowest BCUT2D eigenvalue weighted by Crippen LogP contribution is -2.59. The fourth-order valence-electron chi connectivity index (χ4n) is 7.00. The number of carboxylic acid groups (broad SMARTS) is 1. The molecule has 1 saturated carbocycles. The third-order valence-corrected chi connectivity index (χ3v) is 10.8. The fraction of sp³-hybridized carbons (Fsp3) is 0.531. The SMILES string of the molecule is CCOC(=O)C1=C(CN2CCN(C(=O)N3CCC(C4(C(=O)O)CC4)CC3)C(C)C2)NC(c2nccs2)=NC1c1cccc(F)c1Cl. The van der Waals surface area contributed by atoms with Crippen molar-refractivity contribution in [1.29, 1.82) is 0 Å². The van der Waals surface area contributed by atoms with E-state index in [-0.39, 0.29) is 35.2 Å². The van der Waals surface area contributed by atoms with Gasteiger partial charge in [-0.3, -0.25) is 14.7 Å². The molecular weight excluding hydrogens is 635 g/mol. The molecule has 0 bridgehead atoms. The van der Waals surface area contributed by atoms with E-state index in [0.717, 1.165) is 12.8 Å². The van der Waals surface area contributed by atoms with E-state index in [1.54, 1.807) is 19.2 Å². The normalized spacial score (nSPS) is 23.5. The fourth-order valence-corrected chi connectivity index (χ4v) is 7.81. The number of ether oxygens (including phenoxy) is 1. The predicted molar refractivity (Wildman–Crippen MR) is 171 cm³/mol. The summed E-state index contributed by atoms with van der Waals surface area (Å²) in [6.07, 6.45) is 4.55. The number of aliphatic carboxylic acids is 1. The van der Waals surface area contributed by atoms with Crippen LogP contribution in [0.3, 0.4) is 0 Å². The van der Waals surface area contributed by atoms with E-state index in [9.17, 15) is 23.9 Å². The van der Waals surface area contributed by atoms with E-state index >= 15 is 0 Å². The number of esters is 1. The second-order valence-corrected chi connectivity index (χ2v) is 13.7. The summed E-state index contributed by atoms with van der Waals surface area (Å²) in [5, 5.41) is 15.3. The van der Waals surface area contributed by atoms with Crippen LogP contribution in [0.25, 0.3) is 0 Å². The molecule has 11 nitrogen and oxygen atoms in total. The molecule has 46 heavy (non-hydrogen) atoms. The highest BCUT2D eigenvalue weighted by atomic mass is 35.5. The first-order valence-electron chi connectivity index (χ1n) is 15.7. The van der Waals surface area contributed by atoms with Crippen LogP contribution in [0.15, 0.2) is 46.0 Å². The Bertz CT molecular complexity index is 1560. The number of aliphatic imine (C=N–C) groups is 1. The Morgan fingerprint density at radius 2 is 1.96 bits per heavy atom. The number of carboxylic acids is 1. The van der Waals surface area contributed by atoms with E-state index < -0.39 is 29.2 Å². The maximum absolute atomic E-state index is 14.6. The van der Waals surface area contributed by atoms with Gasteiger partial charge >= 0.3 is 18.0 Å². The van der Waals surface area contributed by atoms with Crippen molar-refractivity contribution in [2.24, 2.45) is 16.3 Å². The van der Waals surface area contributed by atoms with Crippen molar-refractivity contribution in [1.82, 2.24) is 25.0 Å². The Hall–Kier alpha value is -3.55. The zero-order chi connectivity index (χ0) is 32.6. The van der Waals surface area contributed by atoms with Gasteiger partial charge in [0.15, 0.2) is 10.8 Å². The number of amidine groups is 1. The molecule has 2 saturated heterocycles. The minimum Gasteiger partial charge on any atom is -0.481 e. The van der Waals surface area contributed by atoms with E-state index in [1.807, 2.05) is 22.1 Å². The lowest BCUT2D eigenvalue weighted by molar-refractivity contribution is -0.146. The van der Waals surface area contributed by atoms with Gasteiger partial charge in [0.25, 0.3) is 0 Å². The Morgan fingerprint density at radius 3 is 2.59 bits per heavy atom. The van der Waals surface area contributed by atoms with Gasteiger partial charge in [-0.2, -0.15) is 0 Å². The summed E-state index contributed by atoms with van der Waals surface area (Å²) < 4.78 is 20.1. The zero-order valence-corrected chi connectivity index (χ0v) is 27.4. The highest BCUT2D eigenvalue weighted by Crippen LogP contribution is 2.55. The summed E-state index contributed by atoms with van der Waals surface area (Å²) in [6.45, 7) is 6.94. The highest BCUT2D eigenvalue weighted by molar-refractivity contribution is 7.11. The van der Waals surface area contributed by atoms with Gasteiger partial charge in [0.05, 0.1) is 22.6 Å². The smallest absolute Gasteiger partial charge is 0.338 e. The van der Waals surface area contributed by atoms with Crippen molar-refractivity contribution in [3.05, 3.63) is 62.5 Å². The number of amides is 2. The van der Waals surface area contributed by atoms with E-state index in [4.69, 9.17) is 21.3 Å². The number of carbonyl (C=O) groups is 3. The molecule has 3 fully saturated rings. The number of piperazine rings is 1. The van der Waals surface area contributed by atoms with Crippen LogP contribution in [-0.4, -0.2) is 101 Å². The van der Waals surface area contributed by atoms with Crippen LogP contribution in [0.4, 0.5) is 9.18 Å². The van der Waals surface area contributed by atoms with Crippen LogP contribution in [0, 0.1) is 17.2 Å². The maximum atomic E-state index is 14.6. The number of rotatable bonds is 8. The number of hydrogen-bond donors (Lipinski definition) is 2. The first kappa shape index (κ1) is 32.4. The molecule has 0 spiro atoms. The van der Waals surface area contributed by atoms with Gasteiger partial charge < -0.3 is 25.0 Å². The lowest BCUT2D eigenvalue weighted by atomic mass is 9.81. The molecule has 2 atom stereocenters. The molecule has 2 amide bonds. The number of benzene rings is 1. The average Bonchev–Trinajstić information content (AvgIpc) is 3.68. The molecule has 2 unspecified atom stereocenters. The molecule has 1 aromatic heterocycles. The Morgan fingerprint density at radius 1 is 1.20 bits per heavy atom. The van der Waals surface area contributed by atoms with E-state index in [0.29, 0.717) is 74.2 Å². The summed E-state index contributed by atoms with van der Waals surface area (Å²) in [6, 6.07) is 3.41. The number of piperidine rings is 1. The second-order valence-electron chi connectivity index (χ2n) is 12.4. The summed E-state index contributed by atoms with van der Waals surface area (Å²) in [4.78, 5) is 54.0. The minimum atomic E-state index is -0.920. The molecule has 3 aliphatic heterocycles. The first-order chi connectivity index (χ1) is 22.1. The molecular formula is C32H38ClFN6O5S. The predicted octanol–water partition coefficient (Wildman–Crippen LogP) is 4.55. The molecule has 2 aromatic rings. The number of likely N-dealkylation sites (tertiary alicyclic amines) is 1. The topological polar surface area (TPSA) is 128 Å². The number of nitrogens with one attached hydrogen (secondary N) is 1. The summed E-state index contributed by atoms with van der Waals surface area (Å²) in [5.74, 6) is -1.31. The molecule has 6 rings (SSSR count). The van der Waals surface area contributed by atoms with Crippen LogP contribution in [0.2, 0.25) is 5.02 Å². The van der Waals surface area contributed by atoms with Crippen molar-refractivity contribution < 1.29 is 28.6 Å². The number of urea groups is 1. The summed E-state index contributed by atoms with van der Waals surface area (Å²) >= 11 is 7.82. The van der Waals surface area contributed by atoms with E-state index in [2.05, 4.69) is 15.2 Å². The van der Waals surface area contributed by atoms with Crippen LogP contribution in [0.5, 0.6) is 0 Å². The number of aromatic nitrogens is 1. The van der Waals surface area contributed by atoms with Gasteiger partial charge in [-0.1, -0.05) is 23.7 Å². The maximum Gasteiger partial charge on any atom is 0.338 e. The molecule has 246 valence electrons. The number of nitrogens with zero attached hydrogens (tertiary/aromatic N) is 5. The van der Waals surface area contributed by atoms with Crippen molar-refractivity contribution in [3.63, 3.8) is 0 Å². The van der Waals surface area contributed by atoms with Gasteiger partial charge in [0.2, 0.25) is 0 Å². The monoisotopic (exact) mass is 672 g/mol. The molecule has 4 aliphatic rings. The third-order valence-electron chi connectivity index (χ3n) is 9.63. The molecule has 1 aliphatic carbocycles. The van der Waals surface area contributed by atoms with Crippen LogP contribution in [0.1, 0.15) is 56.1 Å². The Balaban J connectivity index is 1.19. The molecule has 1 aromatic carbocycles. The standard InChI is InChI=1S/C32H38ClFN6O5S/c1-3-45-29(41)24-23(36-27(28-35-11-16-46-28)37-26(24)21-5-4-6-22(34)25(21)33)18-38-14-15-40(19(2)17-38)31(44)39-12-7-20(8-13-39)32(9-10-32)30(42)43/h4-6,11,16,19-20,26H,3,7-10,12-15,17-18H2,1-2H3,(H,36,37)(H,42,43). The molecule has 4 heterocycles. The zero-order valence-electron chi connectivity index (χ0n) is 25.9. The lowest BCUT2D eigenvalue weighted by Gasteiger charge is -2.44. The van der Waals surface area contributed by atoms with Crippen molar-refractivity contribution in [3.8, 4) is 0 Å². The van der Waals surface area contributed by atoms with Crippen molar-refractivity contribution in [2.45, 2.75) is 51.6 Å². The van der Waals surface area contributed by atoms with Crippen LogP contribution >= 0.6 is 22.9 Å². The number of halogens is 2. The van der Waals surface area contributed by atoms with Gasteiger partial charge in [0.1, 0.15) is 11.9 Å². The summed E-state index contributed by atoms with van der Waals surface area (Å²) in [5.41, 5.74) is 0.576. The second kappa shape index (κ2) is 13.3. The first-order valence-corrected chi connectivity index (χ1v) is 17.0. The summed E-state index contributed by atoms with van der Waals surface area (Å²) in [7, 11) is 0.